The maximum atomic E-state index is 12.2. The molecule has 1 fully saturated rings. The first-order valence-corrected chi connectivity index (χ1v) is 7.26. The molecule has 1 saturated heterocycles. The Morgan fingerprint density at radius 2 is 2.00 bits per heavy atom. The molecule has 2 rings (SSSR count). The summed E-state index contributed by atoms with van der Waals surface area (Å²) in [6, 6.07) is 3.72. The second kappa shape index (κ2) is 8.70. The van der Waals surface area contributed by atoms with Gasteiger partial charge in [-0.15, -0.1) is 12.4 Å². The Hall–Kier alpha value is -1.66. The molecule has 0 atom stereocenters. The van der Waals surface area contributed by atoms with Gasteiger partial charge >= 0.3 is 0 Å². The summed E-state index contributed by atoms with van der Waals surface area (Å²) in [7, 11) is 1.76. The van der Waals surface area contributed by atoms with Gasteiger partial charge in [-0.1, -0.05) is 6.07 Å². The van der Waals surface area contributed by atoms with Crippen molar-refractivity contribution in [2.75, 3.05) is 32.0 Å². The molecule has 0 unspecified atom stereocenters. The van der Waals surface area contributed by atoms with E-state index in [-0.39, 0.29) is 30.1 Å². The molecule has 0 aromatic carbocycles. The molecular weight excluding hydrogens is 304 g/mol. The number of nitrogens with one attached hydrogen (secondary N) is 2. The number of amides is 2. The minimum absolute atomic E-state index is 0. The first-order chi connectivity index (χ1) is 10.1. The van der Waals surface area contributed by atoms with Crippen LogP contribution in [0.3, 0.4) is 0 Å². The third kappa shape index (κ3) is 4.96. The fourth-order valence-corrected chi connectivity index (χ4v) is 2.42. The molecule has 0 bridgehead atoms. The number of rotatable bonds is 4. The van der Waals surface area contributed by atoms with Crippen LogP contribution in [-0.2, 0) is 9.59 Å². The second-order valence-electron chi connectivity index (χ2n) is 5.40. The summed E-state index contributed by atoms with van der Waals surface area (Å²) >= 11 is 0. The number of pyridine rings is 1. The van der Waals surface area contributed by atoms with E-state index >= 15 is 0 Å². The van der Waals surface area contributed by atoms with Crippen LogP contribution in [0.5, 0.6) is 0 Å². The Bertz CT molecular complexity index is 499. The van der Waals surface area contributed by atoms with Crippen molar-refractivity contribution >= 4 is 30.0 Å². The number of hydrogen-bond donors (Lipinski definition) is 2. The van der Waals surface area contributed by atoms with Crippen molar-refractivity contribution in [3.8, 4) is 0 Å². The molecule has 1 aromatic heterocycles. The van der Waals surface area contributed by atoms with Crippen molar-refractivity contribution in [3.05, 3.63) is 23.9 Å². The summed E-state index contributed by atoms with van der Waals surface area (Å²) in [4.78, 5) is 29.9. The van der Waals surface area contributed by atoms with Gasteiger partial charge in [0.15, 0.2) is 0 Å². The van der Waals surface area contributed by atoms with Crippen LogP contribution in [0.2, 0.25) is 0 Å². The molecular formula is C15H23ClN4O2. The van der Waals surface area contributed by atoms with Gasteiger partial charge in [0.1, 0.15) is 5.82 Å². The molecule has 0 saturated carbocycles. The molecule has 0 aliphatic carbocycles. The highest BCUT2D eigenvalue weighted by molar-refractivity contribution is 5.91. The standard InChI is InChI=1S/C15H22N4O2.ClH/c1-11-3-4-13(17-9-11)18-15(21)12-5-7-19(8-6-12)14(20)10-16-2;/h3-4,9,12,16H,5-8,10H2,1-2H3,(H,17,18,21);1H. The van der Waals surface area contributed by atoms with Crippen LogP contribution in [0.25, 0.3) is 0 Å². The molecule has 1 aliphatic rings. The van der Waals surface area contributed by atoms with Crippen LogP contribution in [0.15, 0.2) is 18.3 Å². The molecule has 122 valence electrons. The molecule has 22 heavy (non-hydrogen) atoms. The third-order valence-electron chi connectivity index (χ3n) is 3.71. The van der Waals surface area contributed by atoms with Gasteiger partial charge in [0.25, 0.3) is 0 Å². The van der Waals surface area contributed by atoms with Crippen molar-refractivity contribution in [2.45, 2.75) is 19.8 Å². The van der Waals surface area contributed by atoms with Crippen LogP contribution in [0.1, 0.15) is 18.4 Å². The van der Waals surface area contributed by atoms with Crippen molar-refractivity contribution in [1.82, 2.24) is 15.2 Å². The highest BCUT2D eigenvalue weighted by Crippen LogP contribution is 2.19. The lowest BCUT2D eigenvalue weighted by Gasteiger charge is -2.31. The number of likely N-dealkylation sites (tertiary alicyclic amines) is 1. The van der Waals surface area contributed by atoms with Crippen LogP contribution < -0.4 is 10.6 Å². The Labute approximate surface area is 137 Å². The first kappa shape index (κ1) is 18.4. The number of carbonyl (C=O) groups excluding carboxylic acids is 2. The minimum Gasteiger partial charge on any atom is -0.342 e. The second-order valence-corrected chi connectivity index (χ2v) is 5.40. The van der Waals surface area contributed by atoms with E-state index in [4.69, 9.17) is 0 Å². The zero-order chi connectivity index (χ0) is 15.2. The monoisotopic (exact) mass is 326 g/mol. The minimum atomic E-state index is -0.0493. The first-order valence-electron chi connectivity index (χ1n) is 7.26. The van der Waals surface area contributed by atoms with E-state index in [0.717, 1.165) is 5.56 Å². The van der Waals surface area contributed by atoms with Crippen molar-refractivity contribution in [1.29, 1.82) is 0 Å². The van der Waals surface area contributed by atoms with E-state index < -0.39 is 0 Å². The van der Waals surface area contributed by atoms with Gasteiger partial charge in [-0.25, -0.2) is 4.98 Å². The van der Waals surface area contributed by atoms with Gasteiger partial charge in [-0.2, -0.15) is 0 Å². The fourth-order valence-electron chi connectivity index (χ4n) is 2.42. The maximum Gasteiger partial charge on any atom is 0.236 e. The average Bonchev–Trinajstić information content (AvgIpc) is 2.50. The zero-order valence-electron chi connectivity index (χ0n) is 13.0. The normalized spacial score (nSPS) is 15.1. The largest absolute Gasteiger partial charge is 0.342 e. The molecule has 2 amide bonds. The van der Waals surface area contributed by atoms with Crippen molar-refractivity contribution in [3.63, 3.8) is 0 Å². The van der Waals surface area contributed by atoms with Crippen LogP contribution in [-0.4, -0.2) is 48.4 Å². The van der Waals surface area contributed by atoms with Crippen LogP contribution >= 0.6 is 12.4 Å². The quantitative estimate of drug-likeness (QED) is 0.872. The Kier molecular flexibility index (Phi) is 7.27. The number of likely N-dealkylation sites (N-methyl/N-ethyl adjacent to an activating group) is 1. The topological polar surface area (TPSA) is 74.3 Å². The van der Waals surface area contributed by atoms with Gasteiger partial charge in [-0.05, 0) is 38.4 Å². The van der Waals surface area contributed by atoms with Crippen molar-refractivity contribution in [2.24, 2.45) is 5.92 Å². The third-order valence-corrected chi connectivity index (χ3v) is 3.71. The molecule has 2 N–H and O–H groups in total. The predicted octanol–water partition coefficient (Wildman–Crippen LogP) is 1.21. The van der Waals surface area contributed by atoms with Gasteiger partial charge in [0.2, 0.25) is 11.8 Å². The number of nitrogens with zero attached hydrogens (tertiary/aromatic N) is 2. The number of piperidine rings is 1. The number of aromatic nitrogens is 1. The average molecular weight is 327 g/mol. The van der Waals surface area contributed by atoms with Crippen LogP contribution in [0, 0.1) is 12.8 Å². The Balaban J connectivity index is 0.00000242. The lowest BCUT2D eigenvalue weighted by Crippen LogP contribution is -2.44. The summed E-state index contributed by atoms with van der Waals surface area (Å²) in [5.41, 5.74) is 1.06. The highest BCUT2D eigenvalue weighted by Gasteiger charge is 2.27. The summed E-state index contributed by atoms with van der Waals surface area (Å²) in [5.74, 6) is 0.620. The molecule has 7 heteroatoms. The molecule has 1 aromatic rings. The maximum absolute atomic E-state index is 12.2. The summed E-state index contributed by atoms with van der Waals surface area (Å²) in [6.45, 7) is 3.58. The number of anilines is 1. The van der Waals surface area contributed by atoms with E-state index in [2.05, 4.69) is 15.6 Å². The van der Waals surface area contributed by atoms with Crippen LogP contribution in [0.4, 0.5) is 5.82 Å². The summed E-state index contributed by atoms with van der Waals surface area (Å²) < 4.78 is 0. The van der Waals surface area contributed by atoms with E-state index in [9.17, 15) is 9.59 Å². The van der Waals surface area contributed by atoms with E-state index in [0.29, 0.717) is 38.3 Å². The Morgan fingerprint density at radius 1 is 1.32 bits per heavy atom. The molecule has 0 radical (unpaired) electrons. The van der Waals surface area contributed by atoms with E-state index in [1.807, 2.05) is 17.9 Å². The SMILES string of the molecule is CNCC(=O)N1CCC(C(=O)Nc2ccc(C)cn2)CC1.Cl. The number of halogens is 1. The fraction of sp³-hybridized carbons (Fsp3) is 0.533. The van der Waals surface area contributed by atoms with Gasteiger partial charge < -0.3 is 15.5 Å². The van der Waals surface area contributed by atoms with Gasteiger partial charge in [0.05, 0.1) is 6.54 Å². The molecule has 1 aliphatic heterocycles. The predicted molar refractivity (Wildman–Crippen MR) is 88.1 cm³/mol. The smallest absolute Gasteiger partial charge is 0.236 e. The summed E-state index contributed by atoms with van der Waals surface area (Å²) in [5, 5.41) is 5.70. The van der Waals surface area contributed by atoms with Crippen molar-refractivity contribution < 1.29 is 9.59 Å². The van der Waals surface area contributed by atoms with Gasteiger partial charge in [0, 0.05) is 25.2 Å². The summed E-state index contributed by atoms with van der Waals surface area (Å²) in [6.07, 6.45) is 3.13. The van der Waals surface area contributed by atoms with E-state index in [1.165, 1.54) is 0 Å². The molecule has 0 spiro atoms. The van der Waals surface area contributed by atoms with E-state index in [1.54, 1.807) is 19.3 Å². The zero-order valence-corrected chi connectivity index (χ0v) is 13.8. The number of hydrogen-bond acceptors (Lipinski definition) is 4. The number of carbonyl (C=O) groups is 2. The highest BCUT2D eigenvalue weighted by atomic mass is 35.5. The molecule has 6 nitrogen and oxygen atoms in total. The lowest BCUT2D eigenvalue weighted by molar-refractivity contribution is -0.133. The lowest BCUT2D eigenvalue weighted by atomic mass is 9.96. The Morgan fingerprint density at radius 3 is 2.55 bits per heavy atom. The van der Waals surface area contributed by atoms with Gasteiger partial charge in [-0.3, -0.25) is 9.59 Å². The number of aryl methyl sites for hydroxylation is 1. The molecule has 2 heterocycles.